The van der Waals surface area contributed by atoms with Crippen molar-refractivity contribution < 1.29 is 18.8 Å². The van der Waals surface area contributed by atoms with Crippen LogP contribution in [0.25, 0.3) is 0 Å². The van der Waals surface area contributed by atoms with Gasteiger partial charge in [-0.2, -0.15) is 0 Å². The SMILES string of the molecule is COCCOc1ccc(NC(=O)Cc2c(C)noc2C)cn1. The maximum atomic E-state index is 12.0. The highest BCUT2D eigenvalue weighted by Gasteiger charge is 2.13. The molecule has 0 spiro atoms. The summed E-state index contributed by atoms with van der Waals surface area (Å²) in [6, 6.07) is 3.43. The van der Waals surface area contributed by atoms with E-state index in [0.29, 0.717) is 30.5 Å². The van der Waals surface area contributed by atoms with Gasteiger partial charge in [-0.05, 0) is 19.9 Å². The van der Waals surface area contributed by atoms with Crippen molar-refractivity contribution in [2.75, 3.05) is 25.6 Å². The van der Waals surface area contributed by atoms with Gasteiger partial charge in [-0.3, -0.25) is 4.79 Å². The van der Waals surface area contributed by atoms with E-state index in [1.54, 1.807) is 32.4 Å². The van der Waals surface area contributed by atoms with Crippen LogP contribution >= 0.6 is 0 Å². The molecule has 0 aliphatic rings. The van der Waals surface area contributed by atoms with Gasteiger partial charge in [0, 0.05) is 18.7 Å². The first-order valence-electron chi connectivity index (χ1n) is 6.89. The number of methoxy groups -OCH3 is 1. The number of hydrogen-bond donors (Lipinski definition) is 1. The zero-order chi connectivity index (χ0) is 15.9. The van der Waals surface area contributed by atoms with Gasteiger partial charge in [0.15, 0.2) is 0 Å². The summed E-state index contributed by atoms with van der Waals surface area (Å²) in [6.45, 7) is 4.53. The van der Waals surface area contributed by atoms with E-state index in [9.17, 15) is 4.79 Å². The summed E-state index contributed by atoms with van der Waals surface area (Å²) in [7, 11) is 1.61. The highest BCUT2D eigenvalue weighted by Crippen LogP contribution is 2.15. The van der Waals surface area contributed by atoms with Gasteiger partial charge in [-0.1, -0.05) is 5.16 Å². The molecule has 0 radical (unpaired) electrons. The molecule has 1 N–H and O–H groups in total. The summed E-state index contributed by atoms with van der Waals surface area (Å²) >= 11 is 0. The van der Waals surface area contributed by atoms with Gasteiger partial charge in [0.05, 0.1) is 30.6 Å². The number of amides is 1. The Morgan fingerprint density at radius 3 is 2.73 bits per heavy atom. The minimum absolute atomic E-state index is 0.149. The first-order chi connectivity index (χ1) is 10.6. The minimum atomic E-state index is -0.149. The van der Waals surface area contributed by atoms with Crippen LogP contribution in [0.2, 0.25) is 0 Å². The van der Waals surface area contributed by atoms with Gasteiger partial charge in [-0.15, -0.1) is 0 Å². The fourth-order valence-electron chi connectivity index (χ4n) is 1.89. The molecule has 0 atom stereocenters. The van der Waals surface area contributed by atoms with E-state index in [-0.39, 0.29) is 12.3 Å². The molecule has 7 heteroatoms. The number of nitrogens with zero attached hydrogens (tertiary/aromatic N) is 2. The van der Waals surface area contributed by atoms with Crippen LogP contribution in [-0.2, 0) is 16.0 Å². The Balaban J connectivity index is 1.89. The van der Waals surface area contributed by atoms with Crippen molar-refractivity contribution in [1.82, 2.24) is 10.1 Å². The maximum Gasteiger partial charge on any atom is 0.229 e. The van der Waals surface area contributed by atoms with Crippen LogP contribution < -0.4 is 10.1 Å². The second-order valence-corrected chi connectivity index (χ2v) is 4.75. The summed E-state index contributed by atoms with van der Waals surface area (Å²) in [5.74, 6) is 0.998. The molecule has 7 nitrogen and oxygen atoms in total. The smallest absolute Gasteiger partial charge is 0.229 e. The van der Waals surface area contributed by atoms with Crippen LogP contribution in [0.5, 0.6) is 5.88 Å². The minimum Gasteiger partial charge on any atom is -0.475 e. The standard InChI is InChI=1S/C15H19N3O4/c1-10-13(11(2)22-18-10)8-14(19)17-12-4-5-15(16-9-12)21-7-6-20-3/h4-5,9H,6-8H2,1-3H3,(H,17,19). The average Bonchev–Trinajstić information content (AvgIpc) is 2.81. The lowest BCUT2D eigenvalue weighted by Gasteiger charge is -2.07. The number of aryl methyl sites for hydroxylation is 2. The predicted molar refractivity (Wildman–Crippen MR) is 79.9 cm³/mol. The molecule has 1 amide bonds. The molecule has 0 aliphatic carbocycles. The Labute approximate surface area is 128 Å². The number of hydrogen-bond acceptors (Lipinski definition) is 6. The van der Waals surface area contributed by atoms with Crippen LogP contribution in [0.1, 0.15) is 17.0 Å². The summed E-state index contributed by atoms with van der Waals surface area (Å²) in [5, 5.41) is 6.61. The number of aromatic nitrogens is 2. The van der Waals surface area contributed by atoms with Gasteiger partial charge in [-0.25, -0.2) is 4.98 Å². The third-order valence-corrected chi connectivity index (χ3v) is 3.08. The molecule has 2 aromatic rings. The van der Waals surface area contributed by atoms with E-state index in [1.807, 2.05) is 6.92 Å². The first kappa shape index (κ1) is 16.0. The Morgan fingerprint density at radius 1 is 1.32 bits per heavy atom. The molecule has 22 heavy (non-hydrogen) atoms. The van der Waals surface area contributed by atoms with Crippen molar-refractivity contribution in [2.24, 2.45) is 0 Å². The van der Waals surface area contributed by atoms with E-state index >= 15 is 0 Å². The highest BCUT2D eigenvalue weighted by molar-refractivity contribution is 5.92. The van der Waals surface area contributed by atoms with Gasteiger partial charge in [0.2, 0.25) is 11.8 Å². The molecule has 0 aliphatic heterocycles. The van der Waals surface area contributed by atoms with Crippen molar-refractivity contribution in [2.45, 2.75) is 20.3 Å². The summed E-state index contributed by atoms with van der Waals surface area (Å²) in [6.07, 6.45) is 1.76. The molecule has 0 unspecified atom stereocenters. The van der Waals surface area contributed by atoms with Crippen molar-refractivity contribution >= 4 is 11.6 Å². The largest absolute Gasteiger partial charge is 0.475 e. The molecule has 2 aromatic heterocycles. The number of carbonyl (C=O) groups is 1. The van der Waals surface area contributed by atoms with Crippen LogP contribution in [-0.4, -0.2) is 36.4 Å². The van der Waals surface area contributed by atoms with Gasteiger partial charge < -0.3 is 19.3 Å². The molecule has 0 saturated carbocycles. The summed E-state index contributed by atoms with van der Waals surface area (Å²) < 4.78 is 15.3. The van der Waals surface area contributed by atoms with Crippen LogP contribution in [0.15, 0.2) is 22.9 Å². The molecule has 2 rings (SSSR count). The number of carbonyl (C=O) groups excluding carboxylic acids is 1. The predicted octanol–water partition coefficient (Wildman–Crippen LogP) is 1.89. The van der Waals surface area contributed by atoms with E-state index in [1.165, 1.54) is 0 Å². The fraction of sp³-hybridized carbons (Fsp3) is 0.400. The Morgan fingerprint density at radius 2 is 2.14 bits per heavy atom. The Kier molecular flexibility index (Phi) is 5.48. The lowest BCUT2D eigenvalue weighted by molar-refractivity contribution is -0.115. The second kappa shape index (κ2) is 7.56. The topological polar surface area (TPSA) is 86.5 Å². The number of rotatable bonds is 7. The summed E-state index contributed by atoms with van der Waals surface area (Å²) in [4.78, 5) is 16.1. The molecule has 2 heterocycles. The number of ether oxygens (including phenoxy) is 2. The fourth-order valence-corrected chi connectivity index (χ4v) is 1.89. The van der Waals surface area contributed by atoms with Crippen molar-refractivity contribution in [1.29, 1.82) is 0 Å². The third kappa shape index (κ3) is 4.29. The average molecular weight is 305 g/mol. The molecule has 0 saturated heterocycles. The molecule has 0 bridgehead atoms. The lowest BCUT2D eigenvalue weighted by atomic mass is 10.1. The molecule has 0 aromatic carbocycles. The van der Waals surface area contributed by atoms with Crippen molar-refractivity contribution in [3.05, 3.63) is 35.3 Å². The lowest BCUT2D eigenvalue weighted by Crippen LogP contribution is -2.15. The van der Waals surface area contributed by atoms with E-state index in [2.05, 4.69) is 15.5 Å². The van der Waals surface area contributed by atoms with Crippen LogP contribution in [0.3, 0.4) is 0 Å². The Hall–Kier alpha value is -2.41. The monoisotopic (exact) mass is 305 g/mol. The zero-order valence-corrected chi connectivity index (χ0v) is 12.9. The molecule has 0 fully saturated rings. The normalized spacial score (nSPS) is 10.5. The molecule has 118 valence electrons. The quantitative estimate of drug-likeness (QED) is 0.786. The van der Waals surface area contributed by atoms with Gasteiger partial charge in [0.25, 0.3) is 0 Å². The number of anilines is 1. The zero-order valence-electron chi connectivity index (χ0n) is 12.9. The van der Waals surface area contributed by atoms with Gasteiger partial charge >= 0.3 is 0 Å². The van der Waals surface area contributed by atoms with E-state index < -0.39 is 0 Å². The number of pyridine rings is 1. The maximum absolute atomic E-state index is 12.0. The van der Waals surface area contributed by atoms with E-state index in [4.69, 9.17) is 14.0 Å². The Bertz CT molecular complexity index is 603. The van der Waals surface area contributed by atoms with Crippen LogP contribution in [0.4, 0.5) is 5.69 Å². The van der Waals surface area contributed by atoms with Crippen molar-refractivity contribution in [3.63, 3.8) is 0 Å². The van der Waals surface area contributed by atoms with Crippen LogP contribution in [0, 0.1) is 13.8 Å². The van der Waals surface area contributed by atoms with E-state index in [0.717, 1.165) is 11.3 Å². The molecular weight excluding hydrogens is 286 g/mol. The third-order valence-electron chi connectivity index (χ3n) is 3.08. The second-order valence-electron chi connectivity index (χ2n) is 4.75. The number of nitrogens with one attached hydrogen (secondary N) is 1. The van der Waals surface area contributed by atoms with Crippen molar-refractivity contribution in [3.8, 4) is 5.88 Å². The van der Waals surface area contributed by atoms with Gasteiger partial charge in [0.1, 0.15) is 12.4 Å². The molecular formula is C15H19N3O4. The highest BCUT2D eigenvalue weighted by atomic mass is 16.5. The summed E-state index contributed by atoms with van der Waals surface area (Å²) in [5.41, 5.74) is 2.15. The first-order valence-corrected chi connectivity index (χ1v) is 6.89.